The molecule has 116 valence electrons. The van der Waals surface area contributed by atoms with E-state index in [1.807, 2.05) is 0 Å². The Morgan fingerprint density at radius 2 is 1.90 bits per heavy atom. The molecule has 0 heterocycles. The van der Waals surface area contributed by atoms with Gasteiger partial charge in [0, 0.05) is 12.6 Å². The summed E-state index contributed by atoms with van der Waals surface area (Å²) in [6, 6.07) is 0.877. The molecule has 0 radical (unpaired) electrons. The van der Waals surface area contributed by atoms with E-state index in [2.05, 4.69) is 19.2 Å². The Labute approximate surface area is 126 Å². The first kappa shape index (κ1) is 14.9. The summed E-state index contributed by atoms with van der Waals surface area (Å²) in [4.78, 5) is 0. The summed E-state index contributed by atoms with van der Waals surface area (Å²) in [7, 11) is 0. The maximum absolute atomic E-state index is 3.88. The Balaban J connectivity index is 1.59. The smallest absolute Gasteiger partial charge is 0.00684 e. The molecule has 0 aromatic heterocycles. The molecule has 1 N–H and O–H groups in total. The third-order valence-electron chi connectivity index (χ3n) is 6.73. The Morgan fingerprint density at radius 1 is 1.05 bits per heavy atom. The SMILES string of the molecule is CCCCC(CC)(CNC1CC1)CC1CC2CCC1C2. The minimum Gasteiger partial charge on any atom is -0.313 e. The van der Waals surface area contributed by atoms with Crippen LogP contribution in [-0.2, 0) is 0 Å². The van der Waals surface area contributed by atoms with Crippen molar-refractivity contribution in [1.82, 2.24) is 5.32 Å². The van der Waals surface area contributed by atoms with Crippen LogP contribution in [-0.4, -0.2) is 12.6 Å². The number of hydrogen-bond donors (Lipinski definition) is 1. The van der Waals surface area contributed by atoms with Crippen LogP contribution in [0.5, 0.6) is 0 Å². The zero-order valence-electron chi connectivity index (χ0n) is 13.8. The van der Waals surface area contributed by atoms with Crippen molar-refractivity contribution in [1.29, 1.82) is 0 Å². The lowest BCUT2D eigenvalue weighted by Gasteiger charge is -2.38. The van der Waals surface area contributed by atoms with Crippen molar-refractivity contribution in [3.8, 4) is 0 Å². The molecule has 4 atom stereocenters. The average Bonchev–Trinajstić information content (AvgIpc) is 3.08. The first-order valence-corrected chi connectivity index (χ1v) is 9.48. The van der Waals surface area contributed by atoms with Crippen LogP contribution in [0.3, 0.4) is 0 Å². The molecule has 3 rings (SSSR count). The summed E-state index contributed by atoms with van der Waals surface area (Å²) in [5.74, 6) is 3.29. The molecular weight excluding hydrogens is 242 g/mol. The van der Waals surface area contributed by atoms with Crippen LogP contribution >= 0.6 is 0 Å². The molecule has 0 saturated heterocycles. The van der Waals surface area contributed by atoms with Crippen molar-refractivity contribution in [3.05, 3.63) is 0 Å². The van der Waals surface area contributed by atoms with Gasteiger partial charge < -0.3 is 5.32 Å². The highest BCUT2D eigenvalue weighted by atomic mass is 15.0. The fourth-order valence-electron chi connectivity index (χ4n) is 5.09. The van der Waals surface area contributed by atoms with Gasteiger partial charge in [-0.3, -0.25) is 0 Å². The van der Waals surface area contributed by atoms with Crippen LogP contribution < -0.4 is 5.32 Å². The summed E-state index contributed by atoms with van der Waals surface area (Å²) in [6.45, 7) is 6.12. The summed E-state index contributed by atoms with van der Waals surface area (Å²) in [5, 5.41) is 3.88. The van der Waals surface area contributed by atoms with E-state index in [0.717, 1.165) is 23.8 Å². The molecule has 0 aromatic carbocycles. The molecule has 0 amide bonds. The zero-order chi connectivity index (χ0) is 14.0. The molecule has 1 heteroatoms. The van der Waals surface area contributed by atoms with Gasteiger partial charge in [0.25, 0.3) is 0 Å². The van der Waals surface area contributed by atoms with Crippen LogP contribution in [0.25, 0.3) is 0 Å². The first-order valence-electron chi connectivity index (χ1n) is 9.48. The number of rotatable bonds is 9. The van der Waals surface area contributed by atoms with Crippen molar-refractivity contribution in [2.24, 2.45) is 23.2 Å². The van der Waals surface area contributed by atoms with E-state index >= 15 is 0 Å². The highest BCUT2D eigenvalue weighted by molar-refractivity contribution is 4.95. The maximum atomic E-state index is 3.88. The molecule has 0 aliphatic heterocycles. The van der Waals surface area contributed by atoms with Gasteiger partial charge in [-0.15, -0.1) is 0 Å². The molecule has 1 nitrogen and oxygen atoms in total. The van der Waals surface area contributed by atoms with E-state index in [9.17, 15) is 0 Å². The molecule has 0 spiro atoms. The Kier molecular flexibility index (Phi) is 4.75. The van der Waals surface area contributed by atoms with Gasteiger partial charge in [-0.25, -0.2) is 0 Å². The molecule has 3 aliphatic carbocycles. The third kappa shape index (κ3) is 3.40. The van der Waals surface area contributed by atoms with Gasteiger partial charge in [-0.2, -0.15) is 0 Å². The molecule has 20 heavy (non-hydrogen) atoms. The second-order valence-electron chi connectivity index (χ2n) is 8.25. The largest absolute Gasteiger partial charge is 0.313 e. The van der Waals surface area contributed by atoms with Gasteiger partial charge in [0.15, 0.2) is 0 Å². The number of hydrogen-bond acceptors (Lipinski definition) is 1. The summed E-state index contributed by atoms with van der Waals surface area (Å²) >= 11 is 0. The lowest BCUT2D eigenvalue weighted by molar-refractivity contribution is 0.144. The molecular formula is C19H35N. The van der Waals surface area contributed by atoms with Crippen LogP contribution in [0.2, 0.25) is 0 Å². The average molecular weight is 277 g/mol. The zero-order valence-corrected chi connectivity index (χ0v) is 13.8. The maximum Gasteiger partial charge on any atom is 0.00684 e. The standard InChI is InChI=1S/C19H35N/c1-3-5-10-19(4-2,14-20-18-8-9-18)13-17-12-15-6-7-16(17)11-15/h15-18,20H,3-14H2,1-2H3. The molecule has 0 aromatic rings. The quantitative estimate of drug-likeness (QED) is 0.614. The molecule has 3 fully saturated rings. The van der Waals surface area contributed by atoms with E-state index in [1.165, 1.54) is 51.5 Å². The monoisotopic (exact) mass is 277 g/mol. The predicted molar refractivity (Wildman–Crippen MR) is 86.8 cm³/mol. The Bertz CT molecular complexity index is 309. The van der Waals surface area contributed by atoms with Gasteiger partial charge in [-0.05, 0) is 74.5 Å². The first-order chi connectivity index (χ1) is 9.74. The van der Waals surface area contributed by atoms with E-state index < -0.39 is 0 Å². The number of unbranched alkanes of at least 4 members (excludes halogenated alkanes) is 1. The Morgan fingerprint density at radius 3 is 2.45 bits per heavy atom. The summed E-state index contributed by atoms with van der Waals surface area (Å²) in [6.07, 6.45) is 16.3. The molecule has 4 unspecified atom stereocenters. The normalized spacial score (nSPS) is 35.4. The van der Waals surface area contributed by atoms with Crippen molar-refractivity contribution in [3.63, 3.8) is 0 Å². The molecule has 3 saturated carbocycles. The number of fused-ring (bicyclic) bond motifs is 2. The second-order valence-corrected chi connectivity index (χ2v) is 8.25. The van der Waals surface area contributed by atoms with Crippen molar-refractivity contribution in [2.45, 2.75) is 90.5 Å². The van der Waals surface area contributed by atoms with Crippen LogP contribution in [0, 0.1) is 23.2 Å². The minimum atomic E-state index is 0.619. The van der Waals surface area contributed by atoms with Gasteiger partial charge in [-0.1, -0.05) is 33.1 Å². The van der Waals surface area contributed by atoms with E-state index in [1.54, 1.807) is 25.7 Å². The van der Waals surface area contributed by atoms with Gasteiger partial charge >= 0.3 is 0 Å². The molecule has 3 aliphatic rings. The minimum absolute atomic E-state index is 0.619. The van der Waals surface area contributed by atoms with Crippen LogP contribution in [0.15, 0.2) is 0 Å². The lowest BCUT2D eigenvalue weighted by atomic mass is 9.70. The fraction of sp³-hybridized carbons (Fsp3) is 1.00. The fourth-order valence-corrected chi connectivity index (χ4v) is 5.09. The third-order valence-corrected chi connectivity index (χ3v) is 6.73. The summed E-state index contributed by atoms with van der Waals surface area (Å²) < 4.78 is 0. The van der Waals surface area contributed by atoms with E-state index in [4.69, 9.17) is 0 Å². The highest BCUT2D eigenvalue weighted by Crippen LogP contribution is 2.53. The van der Waals surface area contributed by atoms with E-state index in [-0.39, 0.29) is 0 Å². The summed E-state index contributed by atoms with van der Waals surface area (Å²) in [5.41, 5.74) is 0.619. The highest BCUT2D eigenvalue weighted by Gasteiger charge is 2.43. The Hall–Kier alpha value is -0.0400. The van der Waals surface area contributed by atoms with Crippen molar-refractivity contribution >= 4 is 0 Å². The molecule has 2 bridgehead atoms. The predicted octanol–water partition coefficient (Wildman–Crippen LogP) is 5.15. The van der Waals surface area contributed by atoms with Gasteiger partial charge in [0.1, 0.15) is 0 Å². The van der Waals surface area contributed by atoms with Crippen LogP contribution in [0.1, 0.15) is 84.5 Å². The topological polar surface area (TPSA) is 12.0 Å². The number of nitrogens with one attached hydrogen (secondary N) is 1. The van der Waals surface area contributed by atoms with Crippen LogP contribution in [0.4, 0.5) is 0 Å². The van der Waals surface area contributed by atoms with Crippen molar-refractivity contribution in [2.75, 3.05) is 6.54 Å². The van der Waals surface area contributed by atoms with Crippen molar-refractivity contribution < 1.29 is 0 Å². The second kappa shape index (κ2) is 6.38. The lowest BCUT2D eigenvalue weighted by Crippen LogP contribution is -2.37. The van der Waals surface area contributed by atoms with Gasteiger partial charge in [0.05, 0.1) is 0 Å². The van der Waals surface area contributed by atoms with Gasteiger partial charge in [0.2, 0.25) is 0 Å². The van der Waals surface area contributed by atoms with E-state index in [0.29, 0.717) is 5.41 Å².